The number of carbonyl (C=O) groups is 1. The average Bonchev–Trinajstić information content (AvgIpc) is 2.78. The molecule has 0 aliphatic carbocycles. The fourth-order valence-electron chi connectivity index (χ4n) is 4.42. The number of sulfonamides is 1. The van der Waals surface area contributed by atoms with Gasteiger partial charge in [-0.3, -0.25) is 4.79 Å². The molecule has 0 saturated carbocycles. The van der Waals surface area contributed by atoms with E-state index in [-0.39, 0.29) is 11.8 Å². The van der Waals surface area contributed by atoms with E-state index in [9.17, 15) is 13.2 Å². The van der Waals surface area contributed by atoms with Crippen LogP contribution in [0.1, 0.15) is 36.8 Å². The lowest BCUT2D eigenvalue weighted by Crippen LogP contribution is -2.40. The lowest BCUT2D eigenvalue weighted by Gasteiger charge is -2.33. The number of fused-ring (bicyclic) bond motifs is 1. The maximum absolute atomic E-state index is 12.9. The highest BCUT2D eigenvalue weighted by Crippen LogP contribution is 2.27. The molecule has 29 heavy (non-hydrogen) atoms. The molecular weight excluding hydrogens is 384 g/mol. The highest BCUT2D eigenvalue weighted by molar-refractivity contribution is 7.89. The predicted molar refractivity (Wildman–Crippen MR) is 113 cm³/mol. The van der Waals surface area contributed by atoms with E-state index >= 15 is 0 Å². The molecule has 0 bridgehead atoms. The van der Waals surface area contributed by atoms with E-state index in [1.807, 2.05) is 17.0 Å². The van der Waals surface area contributed by atoms with Gasteiger partial charge in [-0.25, -0.2) is 8.42 Å². The molecule has 4 rings (SSSR count). The molecule has 2 aromatic carbocycles. The monoisotopic (exact) mass is 412 g/mol. The molecule has 154 valence electrons. The van der Waals surface area contributed by atoms with Crippen LogP contribution < -0.4 is 0 Å². The minimum atomic E-state index is -3.45. The molecule has 1 fully saturated rings. The second kappa shape index (κ2) is 8.67. The standard InChI is InChI=1S/C23H28N2O3S/c26-23(24-16-14-20-8-4-5-9-21(20)18-24)13-12-19-7-6-15-25(17-19)29(27,28)22-10-2-1-3-11-22/h1-5,8-11,19H,6-7,12-18H2. The summed E-state index contributed by atoms with van der Waals surface area (Å²) < 4.78 is 27.4. The molecular formula is C23H28N2O3S. The van der Waals surface area contributed by atoms with E-state index in [2.05, 4.69) is 18.2 Å². The Morgan fingerprint density at radius 3 is 2.48 bits per heavy atom. The predicted octanol–water partition coefficient (Wildman–Crippen LogP) is 3.45. The van der Waals surface area contributed by atoms with E-state index in [0.717, 1.165) is 32.2 Å². The van der Waals surface area contributed by atoms with Crippen LogP contribution in [0.2, 0.25) is 0 Å². The number of amides is 1. The Morgan fingerprint density at radius 1 is 0.966 bits per heavy atom. The first-order valence-corrected chi connectivity index (χ1v) is 11.9. The number of benzene rings is 2. The van der Waals surface area contributed by atoms with Crippen LogP contribution in [0.25, 0.3) is 0 Å². The van der Waals surface area contributed by atoms with Crippen LogP contribution in [0, 0.1) is 5.92 Å². The number of hydrogen-bond donors (Lipinski definition) is 0. The molecule has 0 aromatic heterocycles. The van der Waals surface area contributed by atoms with E-state index in [1.165, 1.54) is 11.1 Å². The zero-order valence-corrected chi connectivity index (χ0v) is 17.5. The van der Waals surface area contributed by atoms with Crippen molar-refractivity contribution in [1.82, 2.24) is 9.21 Å². The van der Waals surface area contributed by atoms with Crippen molar-refractivity contribution in [1.29, 1.82) is 0 Å². The maximum Gasteiger partial charge on any atom is 0.243 e. The lowest BCUT2D eigenvalue weighted by molar-refractivity contribution is -0.132. The number of carbonyl (C=O) groups excluding carboxylic acids is 1. The second-order valence-corrected chi connectivity index (χ2v) is 9.99. The van der Waals surface area contributed by atoms with Gasteiger partial charge in [0.05, 0.1) is 4.90 Å². The second-order valence-electron chi connectivity index (χ2n) is 8.06. The third kappa shape index (κ3) is 4.54. The van der Waals surface area contributed by atoms with Gasteiger partial charge in [0.2, 0.25) is 15.9 Å². The van der Waals surface area contributed by atoms with Crippen LogP contribution in [0.3, 0.4) is 0 Å². The summed E-state index contributed by atoms with van der Waals surface area (Å²) in [6.45, 7) is 2.53. The topological polar surface area (TPSA) is 57.7 Å². The highest BCUT2D eigenvalue weighted by Gasteiger charge is 2.30. The molecule has 2 aliphatic heterocycles. The molecule has 1 amide bonds. The number of rotatable bonds is 5. The molecule has 2 aromatic rings. The van der Waals surface area contributed by atoms with Gasteiger partial charge < -0.3 is 4.90 Å². The molecule has 1 unspecified atom stereocenters. The highest BCUT2D eigenvalue weighted by atomic mass is 32.2. The molecule has 6 heteroatoms. The van der Waals surface area contributed by atoms with Gasteiger partial charge in [0.15, 0.2) is 0 Å². The molecule has 0 N–H and O–H groups in total. The summed E-state index contributed by atoms with van der Waals surface area (Å²) in [6.07, 6.45) is 3.98. The van der Waals surface area contributed by atoms with Crippen LogP contribution in [0.15, 0.2) is 59.5 Å². The first kappa shape index (κ1) is 20.1. The van der Waals surface area contributed by atoms with Gasteiger partial charge in [0.1, 0.15) is 0 Å². The molecule has 2 heterocycles. The van der Waals surface area contributed by atoms with Gasteiger partial charge in [-0.15, -0.1) is 0 Å². The molecule has 0 spiro atoms. The third-order valence-electron chi connectivity index (χ3n) is 6.11. The lowest BCUT2D eigenvalue weighted by atomic mass is 9.94. The molecule has 0 radical (unpaired) electrons. The Bertz CT molecular complexity index is 959. The Hall–Kier alpha value is -2.18. The Morgan fingerprint density at radius 2 is 1.69 bits per heavy atom. The van der Waals surface area contributed by atoms with Crippen molar-refractivity contribution in [2.75, 3.05) is 19.6 Å². The van der Waals surface area contributed by atoms with E-state index in [4.69, 9.17) is 0 Å². The summed E-state index contributed by atoms with van der Waals surface area (Å²) in [5, 5.41) is 0. The van der Waals surface area contributed by atoms with Gasteiger partial charge in [-0.05, 0) is 54.9 Å². The van der Waals surface area contributed by atoms with E-state index in [0.29, 0.717) is 31.0 Å². The summed E-state index contributed by atoms with van der Waals surface area (Å²) >= 11 is 0. The van der Waals surface area contributed by atoms with E-state index < -0.39 is 10.0 Å². The third-order valence-corrected chi connectivity index (χ3v) is 7.99. The van der Waals surface area contributed by atoms with E-state index in [1.54, 1.807) is 28.6 Å². The Labute approximate surface area is 173 Å². The van der Waals surface area contributed by atoms with Crippen molar-refractivity contribution in [2.45, 2.75) is 43.5 Å². The minimum absolute atomic E-state index is 0.183. The fourth-order valence-corrected chi connectivity index (χ4v) is 5.99. The first-order valence-electron chi connectivity index (χ1n) is 10.4. The molecule has 1 atom stereocenters. The van der Waals surface area contributed by atoms with Crippen molar-refractivity contribution < 1.29 is 13.2 Å². The smallest absolute Gasteiger partial charge is 0.243 e. The minimum Gasteiger partial charge on any atom is -0.338 e. The van der Waals surface area contributed by atoms with Crippen LogP contribution in [0.5, 0.6) is 0 Å². The van der Waals surface area contributed by atoms with Crippen molar-refractivity contribution in [3.05, 3.63) is 65.7 Å². The first-order chi connectivity index (χ1) is 14.0. The quantitative estimate of drug-likeness (QED) is 0.756. The Kier molecular flexibility index (Phi) is 6.01. The zero-order valence-electron chi connectivity index (χ0n) is 16.7. The summed E-state index contributed by atoms with van der Waals surface area (Å²) in [5.41, 5.74) is 2.58. The summed E-state index contributed by atoms with van der Waals surface area (Å²) in [6, 6.07) is 16.9. The van der Waals surface area contributed by atoms with Gasteiger partial charge >= 0.3 is 0 Å². The van der Waals surface area contributed by atoms with Gasteiger partial charge in [-0.2, -0.15) is 4.31 Å². The van der Waals surface area contributed by atoms with Crippen molar-refractivity contribution >= 4 is 15.9 Å². The van der Waals surface area contributed by atoms with Gasteiger partial charge in [0, 0.05) is 32.6 Å². The Balaban J connectivity index is 1.33. The van der Waals surface area contributed by atoms with Crippen LogP contribution in [-0.4, -0.2) is 43.2 Å². The molecule has 2 aliphatic rings. The van der Waals surface area contributed by atoms with Crippen molar-refractivity contribution in [3.63, 3.8) is 0 Å². The van der Waals surface area contributed by atoms with Gasteiger partial charge in [0.25, 0.3) is 0 Å². The number of hydrogen-bond acceptors (Lipinski definition) is 3. The molecule has 1 saturated heterocycles. The van der Waals surface area contributed by atoms with Crippen LogP contribution in [-0.2, 0) is 27.8 Å². The van der Waals surface area contributed by atoms with Crippen LogP contribution >= 0.6 is 0 Å². The zero-order chi connectivity index (χ0) is 20.3. The van der Waals surface area contributed by atoms with Crippen LogP contribution in [0.4, 0.5) is 0 Å². The summed E-state index contributed by atoms with van der Waals surface area (Å²) in [7, 11) is -3.45. The largest absolute Gasteiger partial charge is 0.338 e. The number of piperidine rings is 1. The number of nitrogens with zero attached hydrogens (tertiary/aromatic N) is 2. The molecule has 5 nitrogen and oxygen atoms in total. The maximum atomic E-state index is 12.9. The van der Waals surface area contributed by atoms with Crippen molar-refractivity contribution in [2.24, 2.45) is 5.92 Å². The summed E-state index contributed by atoms with van der Waals surface area (Å²) in [4.78, 5) is 15.0. The fraction of sp³-hybridized carbons (Fsp3) is 0.435. The van der Waals surface area contributed by atoms with Crippen molar-refractivity contribution in [3.8, 4) is 0 Å². The average molecular weight is 413 g/mol. The van der Waals surface area contributed by atoms with Gasteiger partial charge in [-0.1, -0.05) is 42.5 Å². The summed E-state index contributed by atoms with van der Waals surface area (Å²) in [5.74, 6) is 0.422. The SMILES string of the molecule is O=C(CCC1CCCN(S(=O)(=O)c2ccccc2)C1)N1CCc2ccccc2C1. The normalized spacial score (nSPS) is 20.3.